The van der Waals surface area contributed by atoms with Crippen LogP contribution in [-0.2, 0) is 0 Å². The molecule has 1 aromatic carbocycles. The highest BCUT2D eigenvalue weighted by atomic mass is 14.8. The van der Waals surface area contributed by atoms with Gasteiger partial charge in [0.15, 0.2) is 0 Å². The molecule has 1 atom stereocenters. The van der Waals surface area contributed by atoms with E-state index >= 15 is 0 Å². The van der Waals surface area contributed by atoms with Crippen LogP contribution in [0.3, 0.4) is 0 Å². The molecule has 0 saturated heterocycles. The lowest BCUT2D eigenvalue weighted by molar-refractivity contribution is 0.618. The van der Waals surface area contributed by atoms with Gasteiger partial charge >= 0.3 is 0 Å². The Hall–Kier alpha value is -1.06. The van der Waals surface area contributed by atoms with E-state index in [0.29, 0.717) is 6.54 Å². The maximum absolute atomic E-state index is 6.00. The Bertz CT molecular complexity index is 256. The number of anilines is 1. The second-order valence-corrected chi connectivity index (χ2v) is 3.41. The molecule has 0 amide bonds. The number of rotatable bonds is 5. The summed E-state index contributed by atoms with van der Waals surface area (Å²) in [6.45, 7) is 0.711. The summed E-state index contributed by atoms with van der Waals surface area (Å²) in [6.07, 6.45) is 1.93. The average Bonchev–Trinajstić information content (AvgIpc) is 2.26. The lowest BCUT2D eigenvalue weighted by Gasteiger charge is -2.11. The topological polar surface area (TPSA) is 64.1 Å². The number of benzene rings is 1. The molecule has 0 aliphatic heterocycles. The predicted octanol–water partition coefficient (Wildman–Crippen LogP) is 1.47. The van der Waals surface area contributed by atoms with Crippen molar-refractivity contribution in [1.29, 1.82) is 0 Å². The van der Waals surface area contributed by atoms with Gasteiger partial charge in [0.25, 0.3) is 0 Å². The lowest BCUT2D eigenvalue weighted by Crippen LogP contribution is -2.12. The molecule has 1 rings (SSSR count). The summed E-state index contributed by atoms with van der Waals surface area (Å²) in [4.78, 5) is 0. The van der Waals surface area contributed by atoms with Crippen molar-refractivity contribution in [3.8, 4) is 0 Å². The van der Waals surface area contributed by atoms with Crippen molar-refractivity contribution >= 4 is 5.69 Å². The van der Waals surface area contributed by atoms with Crippen LogP contribution >= 0.6 is 0 Å². The van der Waals surface area contributed by atoms with Gasteiger partial charge in [-0.25, -0.2) is 0 Å². The molecule has 0 aliphatic rings. The Morgan fingerprint density at radius 2 is 1.93 bits per heavy atom. The first-order valence-electron chi connectivity index (χ1n) is 5.01. The van der Waals surface area contributed by atoms with Crippen LogP contribution in [0.25, 0.3) is 0 Å². The fourth-order valence-corrected chi connectivity index (χ4v) is 1.40. The maximum atomic E-state index is 6.00. The Morgan fingerprint density at radius 3 is 2.43 bits per heavy atom. The third-order valence-corrected chi connectivity index (χ3v) is 2.35. The van der Waals surface area contributed by atoms with Crippen LogP contribution < -0.4 is 16.8 Å². The van der Waals surface area contributed by atoms with E-state index in [1.807, 2.05) is 19.2 Å². The van der Waals surface area contributed by atoms with Crippen LogP contribution in [0, 0.1) is 0 Å². The van der Waals surface area contributed by atoms with Gasteiger partial charge in [-0.3, -0.25) is 0 Å². The summed E-state index contributed by atoms with van der Waals surface area (Å²) in [5.41, 5.74) is 13.7. The van der Waals surface area contributed by atoms with Crippen molar-refractivity contribution in [2.75, 3.05) is 18.9 Å². The maximum Gasteiger partial charge on any atom is 0.0337 e. The van der Waals surface area contributed by atoms with Gasteiger partial charge in [-0.2, -0.15) is 0 Å². The molecule has 0 radical (unpaired) electrons. The normalized spacial score (nSPS) is 12.5. The molecule has 14 heavy (non-hydrogen) atoms. The van der Waals surface area contributed by atoms with Crippen LogP contribution in [0.5, 0.6) is 0 Å². The standard InChI is InChI=1S/C11H19N3/c1-14-10-6-4-9(5-7-10)11(13)3-2-8-12/h4-7,11,14H,2-3,8,12-13H2,1H3. The van der Waals surface area contributed by atoms with E-state index in [9.17, 15) is 0 Å². The molecule has 0 saturated carbocycles. The van der Waals surface area contributed by atoms with Gasteiger partial charge in [-0.1, -0.05) is 12.1 Å². The van der Waals surface area contributed by atoms with Crippen LogP contribution in [0.2, 0.25) is 0 Å². The largest absolute Gasteiger partial charge is 0.388 e. The average molecular weight is 193 g/mol. The lowest BCUT2D eigenvalue weighted by atomic mass is 10.0. The first-order valence-corrected chi connectivity index (χ1v) is 5.01. The fourth-order valence-electron chi connectivity index (χ4n) is 1.40. The Labute approximate surface area is 85.5 Å². The van der Waals surface area contributed by atoms with Gasteiger partial charge < -0.3 is 16.8 Å². The van der Waals surface area contributed by atoms with Crippen molar-refractivity contribution in [2.24, 2.45) is 11.5 Å². The van der Waals surface area contributed by atoms with E-state index in [1.165, 1.54) is 5.56 Å². The molecule has 0 aromatic heterocycles. The SMILES string of the molecule is CNc1ccc(C(N)CCCN)cc1. The van der Waals surface area contributed by atoms with E-state index in [2.05, 4.69) is 17.4 Å². The smallest absolute Gasteiger partial charge is 0.0337 e. The summed E-state index contributed by atoms with van der Waals surface area (Å²) in [5.74, 6) is 0. The minimum atomic E-state index is 0.115. The molecule has 0 aliphatic carbocycles. The quantitative estimate of drug-likeness (QED) is 0.663. The Kier molecular flexibility index (Phi) is 4.43. The molecule has 0 bridgehead atoms. The van der Waals surface area contributed by atoms with Crippen molar-refractivity contribution in [3.05, 3.63) is 29.8 Å². The third kappa shape index (κ3) is 3.01. The second-order valence-electron chi connectivity index (χ2n) is 3.41. The summed E-state index contributed by atoms with van der Waals surface area (Å²) in [5, 5.41) is 3.08. The van der Waals surface area contributed by atoms with Crippen molar-refractivity contribution in [3.63, 3.8) is 0 Å². The van der Waals surface area contributed by atoms with Gasteiger partial charge in [0.1, 0.15) is 0 Å². The zero-order chi connectivity index (χ0) is 10.4. The van der Waals surface area contributed by atoms with E-state index in [0.717, 1.165) is 18.5 Å². The van der Waals surface area contributed by atoms with Crippen molar-refractivity contribution < 1.29 is 0 Å². The highest BCUT2D eigenvalue weighted by molar-refractivity contribution is 5.44. The summed E-state index contributed by atoms with van der Waals surface area (Å²) in [6, 6.07) is 8.32. The first kappa shape index (κ1) is 11.0. The zero-order valence-electron chi connectivity index (χ0n) is 8.66. The summed E-state index contributed by atoms with van der Waals surface area (Å²) < 4.78 is 0. The number of nitrogens with two attached hydrogens (primary N) is 2. The first-order chi connectivity index (χ1) is 6.77. The van der Waals surface area contributed by atoms with Gasteiger partial charge in [-0.15, -0.1) is 0 Å². The van der Waals surface area contributed by atoms with Gasteiger partial charge in [0.05, 0.1) is 0 Å². The molecular formula is C11H19N3. The molecular weight excluding hydrogens is 174 g/mol. The highest BCUT2D eigenvalue weighted by Gasteiger charge is 2.04. The minimum Gasteiger partial charge on any atom is -0.388 e. The highest BCUT2D eigenvalue weighted by Crippen LogP contribution is 2.17. The molecule has 3 nitrogen and oxygen atoms in total. The number of hydrogen-bond acceptors (Lipinski definition) is 3. The Morgan fingerprint density at radius 1 is 1.29 bits per heavy atom. The van der Waals surface area contributed by atoms with E-state index < -0.39 is 0 Å². The van der Waals surface area contributed by atoms with Gasteiger partial charge in [0.2, 0.25) is 0 Å². The molecule has 5 N–H and O–H groups in total. The molecule has 0 spiro atoms. The van der Waals surface area contributed by atoms with E-state index in [4.69, 9.17) is 11.5 Å². The molecule has 78 valence electrons. The van der Waals surface area contributed by atoms with E-state index in [-0.39, 0.29) is 6.04 Å². The van der Waals surface area contributed by atoms with E-state index in [1.54, 1.807) is 0 Å². The zero-order valence-corrected chi connectivity index (χ0v) is 8.66. The second kappa shape index (κ2) is 5.62. The number of hydrogen-bond donors (Lipinski definition) is 3. The van der Waals surface area contributed by atoms with Crippen LogP contribution in [-0.4, -0.2) is 13.6 Å². The van der Waals surface area contributed by atoms with Crippen LogP contribution in [0.15, 0.2) is 24.3 Å². The fraction of sp³-hybridized carbons (Fsp3) is 0.455. The molecule has 3 heteroatoms. The predicted molar refractivity (Wildman–Crippen MR) is 61.2 cm³/mol. The third-order valence-electron chi connectivity index (χ3n) is 2.35. The van der Waals surface area contributed by atoms with Crippen LogP contribution in [0.4, 0.5) is 5.69 Å². The molecule has 1 aromatic rings. The molecule has 1 unspecified atom stereocenters. The van der Waals surface area contributed by atoms with Gasteiger partial charge in [-0.05, 0) is 37.1 Å². The van der Waals surface area contributed by atoms with Gasteiger partial charge in [0, 0.05) is 18.8 Å². The van der Waals surface area contributed by atoms with Crippen LogP contribution in [0.1, 0.15) is 24.4 Å². The summed E-state index contributed by atoms with van der Waals surface area (Å²) >= 11 is 0. The van der Waals surface area contributed by atoms with Crippen molar-refractivity contribution in [1.82, 2.24) is 0 Å². The molecule has 0 fully saturated rings. The van der Waals surface area contributed by atoms with Crippen molar-refractivity contribution in [2.45, 2.75) is 18.9 Å². The molecule has 0 heterocycles. The number of nitrogens with one attached hydrogen (secondary N) is 1. The monoisotopic (exact) mass is 193 g/mol. The Balaban J connectivity index is 2.57. The minimum absolute atomic E-state index is 0.115. The summed E-state index contributed by atoms with van der Waals surface area (Å²) in [7, 11) is 1.91.